The Morgan fingerprint density at radius 2 is 1.62 bits per heavy atom. The average molecular weight is 566 g/mol. The minimum atomic E-state index is -4.13. The molecule has 8 nitrogen and oxygen atoms in total. The summed E-state index contributed by atoms with van der Waals surface area (Å²) in [7, 11) is -2.63. The molecule has 3 aromatic carbocycles. The van der Waals surface area contributed by atoms with Crippen molar-refractivity contribution in [2.75, 3.05) is 24.5 Å². The van der Waals surface area contributed by atoms with E-state index in [2.05, 4.69) is 5.32 Å². The first kappa shape index (κ1) is 30.7. The fourth-order valence-corrected chi connectivity index (χ4v) is 5.76. The van der Waals surface area contributed by atoms with E-state index < -0.39 is 28.5 Å². The lowest BCUT2D eigenvalue weighted by molar-refractivity contribution is -0.140. The van der Waals surface area contributed by atoms with Gasteiger partial charge >= 0.3 is 0 Å². The molecule has 0 aliphatic rings. The molecule has 0 aliphatic carbocycles. The summed E-state index contributed by atoms with van der Waals surface area (Å²) in [6.07, 6.45) is 0.373. The molecule has 0 radical (unpaired) electrons. The summed E-state index contributed by atoms with van der Waals surface area (Å²) in [5.41, 5.74) is 2.22. The standard InChI is InChI=1S/C31H39N3O5S/c1-6-29(31(36)32-20-23(2)3)33(21-25-12-10-11-24(4)19-25)30(35)22-34(26-13-8-7-9-14-26)40(37,38)28-17-15-27(39-5)16-18-28/h7-19,23,29H,6,20-22H2,1-5H3,(H,32,36)/t29-/m1/s1. The Hall–Kier alpha value is -3.85. The normalized spacial score (nSPS) is 12.1. The van der Waals surface area contributed by atoms with Crippen molar-refractivity contribution in [1.29, 1.82) is 0 Å². The maximum absolute atomic E-state index is 14.1. The van der Waals surface area contributed by atoms with E-state index in [1.165, 1.54) is 24.1 Å². The number of ether oxygens (including phenoxy) is 1. The molecule has 1 N–H and O–H groups in total. The number of hydrogen-bond acceptors (Lipinski definition) is 5. The van der Waals surface area contributed by atoms with Crippen LogP contribution < -0.4 is 14.4 Å². The van der Waals surface area contributed by atoms with E-state index in [-0.39, 0.29) is 23.3 Å². The number of nitrogens with zero attached hydrogens (tertiary/aromatic N) is 2. The van der Waals surface area contributed by atoms with E-state index in [9.17, 15) is 18.0 Å². The lowest BCUT2D eigenvalue weighted by atomic mass is 10.1. The highest BCUT2D eigenvalue weighted by Gasteiger charge is 2.33. The van der Waals surface area contributed by atoms with Crippen molar-refractivity contribution in [2.45, 2.75) is 51.6 Å². The van der Waals surface area contributed by atoms with E-state index in [0.29, 0.717) is 24.4 Å². The number of benzene rings is 3. The van der Waals surface area contributed by atoms with Crippen LogP contribution in [0.4, 0.5) is 5.69 Å². The molecule has 214 valence electrons. The van der Waals surface area contributed by atoms with E-state index in [4.69, 9.17) is 4.74 Å². The average Bonchev–Trinajstić information content (AvgIpc) is 2.95. The molecule has 0 saturated carbocycles. The Morgan fingerprint density at radius 3 is 2.20 bits per heavy atom. The molecule has 0 bridgehead atoms. The largest absolute Gasteiger partial charge is 0.497 e. The van der Waals surface area contributed by atoms with Crippen LogP contribution in [0.15, 0.2) is 83.8 Å². The van der Waals surface area contributed by atoms with Crippen LogP contribution in [0.5, 0.6) is 5.75 Å². The molecule has 3 aromatic rings. The number of amides is 2. The number of carbonyl (C=O) groups excluding carboxylic acids is 2. The maximum atomic E-state index is 14.1. The summed E-state index contributed by atoms with van der Waals surface area (Å²) < 4.78 is 34.0. The monoisotopic (exact) mass is 565 g/mol. The maximum Gasteiger partial charge on any atom is 0.264 e. The molecule has 1 atom stereocenters. The second kappa shape index (κ2) is 14.0. The molecule has 0 aromatic heterocycles. The highest BCUT2D eigenvalue weighted by Crippen LogP contribution is 2.26. The number of methoxy groups -OCH3 is 1. The van der Waals surface area contributed by atoms with Gasteiger partial charge in [-0.25, -0.2) is 8.42 Å². The first-order chi connectivity index (χ1) is 19.1. The van der Waals surface area contributed by atoms with Crippen LogP contribution in [-0.2, 0) is 26.2 Å². The number of sulfonamides is 1. The summed E-state index contributed by atoms with van der Waals surface area (Å²) in [4.78, 5) is 28.8. The number of para-hydroxylation sites is 1. The molecule has 9 heteroatoms. The highest BCUT2D eigenvalue weighted by molar-refractivity contribution is 7.92. The molecule has 0 saturated heterocycles. The van der Waals surface area contributed by atoms with Gasteiger partial charge in [0.25, 0.3) is 10.0 Å². The number of nitrogens with one attached hydrogen (secondary N) is 1. The van der Waals surface area contributed by atoms with Crippen LogP contribution in [0.3, 0.4) is 0 Å². The summed E-state index contributed by atoms with van der Waals surface area (Å²) in [6, 6.07) is 21.5. The van der Waals surface area contributed by atoms with Gasteiger partial charge in [-0.3, -0.25) is 13.9 Å². The van der Waals surface area contributed by atoms with Gasteiger partial charge in [0.15, 0.2) is 0 Å². The molecule has 0 unspecified atom stereocenters. The van der Waals surface area contributed by atoms with Crippen molar-refractivity contribution >= 4 is 27.5 Å². The van der Waals surface area contributed by atoms with Gasteiger partial charge in [-0.15, -0.1) is 0 Å². The van der Waals surface area contributed by atoms with Gasteiger partial charge in [-0.2, -0.15) is 0 Å². The first-order valence-corrected chi connectivity index (χ1v) is 14.8. The van der Waals surface area contributed by atoms with Crippen molar-refractivity contribution in [3.05, 3.63) is 90.0 Å². The Kier molecular flexibility index (Phi) is 10.7. The quantitative estimate of drug-likeness (QED) is 0.322. The summed E-state index contributed by atoms with van der Waals surface area (Å²) >= 11 is 0. The Bertz CT molecular complexity index is 1380. The van der Waals surface area contributed by atoms with Crippen LogP contribution in [0.1, 0.15) is 38.3 Å². The topological polar surface area (TPSA) is 96.0 Å². The highest BCUT2D eigenvalue weighted by atomic mass is 32.2. The van der Waals surface area contributed by atoms with E-state index in [1.807, 2.05) is 52.0 Å². The molecule has 0 fully saturated rings. The van der Waals surface area contributed by atoms with Gasteiger partial charge in [0, 0.05) is 13.1 Å². The molecule has 2 amide bonds. The second-order valence-corrected chi connectivity index (χ2v) is 12.0. The Labute approximate surface area is 238 Å². The van der Waals surface area contributed by atoms with Crippen molar-refractivity contribution in [1.82, 2.24) is 10.2 Å². The minimum Gasteiger partial charge on any atom is -0.497 e. The second-order valence-electron chi connectivity index (χ2n) is 10.1. The predicted octanol–water partition coefficient (Wildman–Crippen LogP) is 4.78. The van der Waals surface area contributed by atoms with Crippen LogP contribution >= 0.6 is 0 Å². The van der Waals surface area contributed by atoms with Gasteiger partial charge in [0.1, 0.15) is 18.3 Å². The number of carbonyl (C=O) groups is 2. The third kappa shape index (κ3) is 7.85. The zero-order valence-electron chi connectivity index (χ0n) is 23.8. The van der Waals surface area contributed by atoms with Gasteiger partial charge in [0.2, 0.25) is 11.8 Å². The SMILES string of the molecule is CC[C@H](C(=O)NCC(C)C)N(Cc1cccc(C)c1)C(=O)CN(c1ccccc1)S(=O)(=O)c1ccc(OC)cc1. The third-order valence-electron chi connectivity index (χ3n) is 6.48. The number of hydrogen-bond donors (Lipinski definition) is 1. The zero-order valence-corrected chi connectivity index (χ0v) is 24.6. The minimum absolute atomic E-state index is 0.0249. The fraction of sp³-hybridized carbons (Fsp3) is 0.355. The van der Waals surface area contributed by atoms with Gasteiger partial charge in [-0.05, 0) is 61.2 Å². The number of rotatable bonds is 13. The molecule has 0 aliphatic heterocycles. The molecule has 0 heterocycles. The van der Waals surface area contributed by atoms with Crippen LogP contribution in [-0.4, -0.2) is 51.4 Å². The summed E-state index contributed by atoms with van der Waals surface area (Å²) in [6.45, 7) is 7.97. The Balaban J connectivity index is 2.02. The van der Waals surface area contributed by atoms with Crippen LogP contribution in [0.2, 0.25) is 0 Å². The number of aryl methyl sites for hydroxylation is 1. The van der Waals surface area contributed by atoms with Crippen molar-refractivity contribution in [2.24, 2.45) is 5.92 Å². The lowest BCUT2D eigenvalue weighted by Gasteiger charge is -2.33. The van der Waals surface area contributed by atoms with Crippen molar-refractivity contribution in [3.63, 3.8) is 0 Å². The molecular formula is C31H39N3O5S. The van der Waals surface area contributed by atoms with Gasteiger partial charge in [0.05, 0.1) is 17.7 Å². The molecule has 0 spiro atoms. The number of anilines is 1. The first-order valence-electron chi connectivity index (χ1n) is 13.4. The summed E-state index contributed by atoms with van der Waals surface area (Å²) in [5.74, 6) is 0.0184. The van der Waals surface area contributed by atoms with Crippen LogP contribution in [0.25, 0.3) is 0 Å². The third-order valence-corrected chi connectivity index (χ3v) is 8.26. The van der Waals surface area contributed by atoms with Crippen molar-refractivity contribution in [3.8, 4) is 5.75 Å². The van der Waals surface area contributed by atoms with Gasteiger partial charge in [-0.1, -0.05) is 68.8 Å². The lowest BCUT2D eigenvalue weighted by Crippen LogP contribution is -2.52. The van der Waals surface area contributed by atoms with E-state index in [1.54, 1.807) is 42.5 Å². The fourth-order valence-electron chi connectivity index (χ4n) is 4.35. The summed E-state index contributed by atoms with van der Waals surface area (Å²) in [5, 5.41) is 2.94. The van der Waals surface area contributed by atoms with Crippen molar-refractivity contribution < 1.29 is 22.7 Å². The van der Waals surface area contributed by atoms with E-state index >= 15 is 0 Å². The van der Waals surface area contributed by atoms with Gasteiger partial charge < -0.3 is 15.0 Å². The smallest absolute Gasteiger partial charge is 0.264 e. The molecular weight excluding hydrogens is 526 g/mol. The Morgan fingerprint density at radius 1 is 0.950 bits per heavy atom. The zero-order chi connectivity index (χ0) is 29.3. The molecule has 40 heavy (non-hydrogen) atoms. The molecule has 3 rings (SSSR count). The van der Waals surface area contributed by atoms with E-state index in [0.717, 1.165) is 15.4 Å². The van der Waals surface area contributed by atoms with Crippen LogP contribution in [0, 0.1) is 12.8 Å². The predicted molar refractivity (Wildman–Crippen MR) is 158 cm³/mol.